The summed E-state index contributed by atoms with van der Waals surface area (Å²) >= 11 is 0. The third kappa shape index (κ3) is 4.37. The Kier molecular flexibility index (Phi) is 5.84. The summed E-state index contributed by atoms with van der Waals surface area (Å²) in [6.07, 6.45) is 4.28. The fourth-order valence-corrected chi connectivity index (χ4v) is 3.83. The Bertz CT molecular complexity index is 1040. The number of aryl methyl sites for hydroxylation is 1. The van der Waals surface area contributed by atoms with E-state index in [1.165, 1.54) is 12.8 Å². The van der Waals surface area contributed by atoms with Crippen molar-refractivity contribution in [2.45, 2.75) is 33.2 Å². The largest absolute Gasteiger partial charge is 0.497 e. The molecule has 3 aromatic rings. The van der Waals surface area contributed by atoms with Gasteiger partial charge in [-0.05, 0) is 61.6 Å². The standard InChI is InChI=1S/C24H28N4O2/c1-16-8-10-28(11-9-16)23-7-4-18(14-25-23)15-26-24(29)21-13-19-12-20(30-3)5-6-22(19)27-17(21)2/h4-7,12-14,16H,8-11,15H2,1-3H3,(H,26,29). The van der Waals surface area contributed by atoms with Crippen LogP contribution in [0, 0.1) is 12.8 Å². The fraction of sp³-hybridized carbons (Fsp3) is 0.375. The molecule has 0 radical (unpaired) electrons. The van der Waals surface area contributed by atoms with Gasteiger partial charge in [-0.2, -0.15) is 0 Å². The zero-order chi connectivity index (χ0) is 21.1. The van der Waals surface area contributed by atoms with Crippen molar-refractivity contribution in [3.63, 3.8) is 0 Å². The number of methoxy groups -OCH3 is 1. The van der Waals surface area contributed by atoms with Gasteiger partial charge < -0.3 is 15.0 Å². The van der Waals surface area contributed by atoms with E-state index in [2.05, 4.69) is 27.1 Å². The average molecular weight is 405 g/mol. The zero-order valence-corrected chi connectivity index (χ0v) is 17.8. The monoisotopic (exact) mass is 404 g/mol. The number of anilines is 1. The van der Waals surface area contributed by atoms with E-state index in [0.717, 1.165) is 47.0 Å². The van der Waals surface area contributed by atoms with E-state index in [9.17, 15) is 4.79 Å². The summed E-state index contributed by atoms with van der Waals surface area (Å²) < 4.78 is 5.28. The zero-order valence-electron chi connectivity index (χ0n) is 17.8. The van der Waals surface area contributed by atoms with Crippen molar-refractivity contribution in [2.75, 3.05) is 25.1 Å². The van der Waals surface area contributed by atoms with E-state index in [4.69, 9.17) is 4.74 Å². The highest BCUT2D eigenvalue weighted by molar-refractivity contribution is 5.98. The first-order valence-corrected chi connectivity index (χ1v) is 10.5. The van der Waals surface area contributed by atoms with Crippen LogP contribution in [0.5, 0.6) is 5.75 Å². The second kappa shape index (κ2) is 8.69. The Labute approximate surface area is 177 Å². The van der Waals surface area contributed by atoms with E-state index in [0.29, 0.717) is 17.8 Å². The molecule has 0 aliphatic carbocycles. The van der Waals surface area contributed by atoms with E-state index < -0.39 is 0 Å². The number of hydrogen-bond donors (Lipinski definition) is 1. The number of nitrogens with one attached hydrogen (secondary N) is 1. The van der Waals surface area contributed by atoms with Crippen LogP contribution in [0.1, 0.15) is 41.4 Å². The van der Waals surface area contributed by atoms with E-state index in [-0.39, 0.29) is 5.91 Å². The molecular formula is C24H28N4O2. The molecule has 1 fully saturated rings. The Morgan fingerprint density at radius 3 is 2.70 bits per heavy atom. The van der Waals surface area contributed by atoms with Crippen LogP contribution < -0.4 is 15.0 Å². The summed E-state index contributed by atoms with van der Waals surface area (Å²) in [5, 5.41) is 3.87. The van der Waals surface area contributed by atoms with Gasteiger partial charge in [0.15, 0.2) is 0 Å². The number of hydrogen-bond acceptors (Lipinski definition) is 5. The predicted molar refractivity (Wildman–Crippen MR) is 119 cm³/mol. The maximum atomic E-state index is 12.8. The lowest BCUT2D eigenvalue weighted by molar-refractivity contribution is 0.0950. The highest BCUT2D eigenvalue weighted by Gasteiger charge is 2.17. The molecule has 0 spiro atoms. The molecule has 1 aromatic carbocycles. The maximum Gasteiger partial charge on any atom is 0.253 e. The number of piperidine rings is 1. The minimum atomic E-state index is -0.140. The molecule has 4 rings (SSSR count). The van der Waals surface area contributed by atoms with Crippen LogP contribution in [-0.4, -0.2) is 36.1 Å². The predicted octanol–water partition coefficient (Wildman–Crippen LogP) is 4.11. The Morgan fingerprint density at radius 2 is 2.00 bits per heavy atom. The topological polar surface area (TPSA) is 67.3 Å². The molecule has 1 amide bonds. The molecule has 156 valence electrons. The van der Waals surface area contributed by atoms with Gasteiger partial charge in [-0.15, -0.1) is 0 Å². The van der Waals surface area contributed by atoms with Crippen LogP contribution in [0.4, 0.5) is 5.82 Å². The molecule has 2 aromatic heterocycles. The van der Waals surface area contributed by atoms with Gasteiger partial charge in [0.1, 0.15) is 11.6 Å². The highest BCUT2D eigenvalue weighted by Crippen LogP contribution is 2.23. The van der Waals surface area contributed by atoms with Crippen molar-refractivity contribution in [3.8, 4) is 5.75 Å². The second-order valence-corrected chi connectivity index (χ2v) is 8.06. The van der Waals surface area contributed by atoms with Gasteiger partial charge in [0, 0.05) is 31.2 Å². The summed E-state index contributed by atoms with van der Waals surface area (Å²) in [6.45, 7) is 6.71. The number of amides is 1. The number of aromatic nitrogens is 2. The molecule has 1 N–H and O–H groups in total. The third-order valence-corrected chi connectivity index (χ3v) is 5.83. The number of carbonyl (C=O) groups excluding carboxylic acids is 1. The number of carbonyl (C=O) groups is 1. The number of pyridine rings is 2. The molecule has 6 heteroatoms. The summed E-state index contributed by atoms with van der Waals surface area (Å²) in [7, 11) is 1.63. The lowest BCUT2D eigenvalue weighted by Gasteiger charge is -2.31. The molecule has 1 aliphatic heterocycles. The van der Waals surface area contributed by atoms with Gasteiger partial charge >= 0.3 is 0 Å². The van der Waals surface area contributed by atoms with E-state index in [1.54, 1.807) is 7.11 Å². The van der Waals surface area contributed by atoms with E-state index in [1.807, 2.05) is 49.5 Å². The number of rotatable bonds is 5. The molecule has 30 heavy (non-hydrogen) atoms. The SMILES string of the molecule is COc1ccc2nc(C)c(C(=O)NCc3ccc(N4CCC(C)CC4)nc3)cc2c1. The van der Waals surface area contributed by atoms with Gasteiger partial charge in [0.25, 0.3) is 5.91 Å². The molecule has 0 unspecified atom stereocenters. The Morgan fingerprint density at radius 1 is 1.20 bits per heavy atom. The molecule has 0 bridgehead atoms. The minimum Gasteiger partial charge on any atom is -0.497 e. The Balaban J connectivity index is 1.42. The molecular weight excluding hydrogens is 376 g/mol. The Hall–Kier alpha value is -3.15. The van der Waals surface area contributed by atoms with Crippen LogP contribution in [0.25, 0.3) is 10.9 Å². The molecule has 1 saturated heterocycles. The van der Waals surface area contributed by atoms with Crippen molar-refractivity contribution in [2.24, 2.45) is 5.92 Å². The number of ether oxygens (including phenoxy) is 1. The number of nitrogens with zero attached hydrogens (tertiary/aromatic N) is 3. The summed E-state index contributed by atoms with van der Waals surface area (Å²) in [6, 6.07) is 11.6. The van der Waals surface area contributed by atoms with Crippen LogP contribution in [0.3, 0.4) is 0 Å². The lowest BCUT2D eigenvalue weighted by Crippen LogP contribution is -2.33. The summed E-state index contributed by atoms with van der Waals surface area (Å²) in [4.78, 5) is 24.3. The normalized spacial score (nSPS) is 14.7. The summed E-state index contributed by atoms with van der Waals surface area (Å²) in [5.74, 6) is 2.41. The van der Waals surface area contributed by atoms with Crippen molar-refractivity contribution in [3.05, 3.63) is 59.4 Å². The van der Waals surface area contributed by atoms with Crippen molar-refractivity contribution < 1.29 is 9.53 Å². The van der Waals surface area contributed by atoms with Crippen LogP contribution in [0.15, 0.2) is 42.6 Å². The van der Waals surface area contributed by atoms with Gasteiger partial charge in [0.2, 0.25) is 0 Å². The molecule has 3 heterocycles. The fourth-order valence-electron chi connectivity index (χ4n) is 3.83. The highest BCUT2D eigenvalue weighted by atomic mass is 16.5. The van der Waals surface area contributed by atoms with Crippen LogP contribution >= 0.6 is 0 Å². The van der Waals surface area contributed by atoms with Crippen molar-refractivity contribution in [1.29, 1.82) is 0 Å². The maximum absolute atomic E-state index is 12.8. The van der Waals surface area contributed by atoms with Crippen molar-refractivity contribution in [1.82, 2.24) is 15.3 Å². The quantitative estimate of drug-likeness (QED) is 0.693. The number of fused-ring (bicyclic) bond motifs is 1. The minimum absolute atomic E-state index is 0.140. The second-order valence-electron chi connectivity index (χ2n) is 8.06. The van der Waals surface area contributed by atoms with Crippen molar-refractivity contribution >= 4 is 22.6 Å². The smallest absolute Gasteiger partial charge is 0.253 e. The number of benzene rings is 1. The third-order valence-electron chi connectivity index (χ3n) is 5.83. The molecule has 1 aliphatic rings. The van der Waals surface area contributed by atoms with Gasteiger partial charge in [-0.3, -0.25) is 9.78 Å². The molecule has 6 nitrogen and oxygen atoms in total. The lowest BCUT2D eigenvalue weighted by atomic mass is 9.99. The van der Waals surface area contributed by atoms with E-state index >= 15 is 0 Å². The first-order valence-electron chi connectivity index (χ1n) is 10.5. The molecule has 0 atom stereocenters. The first-order chi connectivity index (χ1) is 14.5. The first kappa shape index (κ1) is 20.1. The molecule has 0 saturated carbocycles. The average Bonchev–Trinajstić information content (AvgIpc) is 2.77. The van der Waals surface area contributed by atoms with Crippen LogP contribution in [-0.2, 0) is 6.54 Å². The van der Waals surface area contributed by atoms with Crippen LogP contribution in [0.2, 0.25) is 0 Å². The van der Waals surface area contributed by atoms with Gasteiger partial charge in [-0.25, -0.2) is 4.98 Å². The van der Waals surface area contributed by atoms with Gasteiger partial charge in [-0.1, -0.05) is 13.0 Å². The summed E-state index contributed by atoms with van der Waals surface area (Å²) in [5.41, 5.74) is 3.10. The van der Waals surface area contributed by atoms with Gasteiger partial charge in [0.05, 0.1) is 23.9 Å².